The molecule has 0 saturated carbocycles. The van der Waals surface area contributed by atoms with Gasteiger partial charge in [-0.1, -0.05) is 30.3 Å². The normalized spacial score (nSPS) is 18.0. The van der Waals surface area contributed by atoms with Gasteiger partial charge in [0, 0.05) is 19.3 Å². The van der Waals surface area contributed by atoms with E-state index in [4.69, 9.17) is 0 Å². The van der Waals surface area contributed by atoms with Crippen molar-refractivity contribution >= 4 is 21.4 Å². The molecule has 1 fully saturated rings. The number of nitrogens with zero attached hydrogens (tertiary/aromatic N) is 1. The molecular formula is C18H20N2O3S. The predicted octanol–water partition coefficient (Wildman–Crippen LogP) is 2.30. The number of carbonyl (C=O) groups excluding carboxylic acids is 1. The van der Waals surface area contributed by atoms with Crippen molar-refractivity contribution in [2.24, 2.45) is 0 Å². The summed E-state index contributed by atoms with van der Waals surface area (Å²) in [7, 11) is -1.60. The highest BCUT2D eigenvalue weighted by Gasteiger charge is 2.28. The van der Waals surface area contributed by atoms with E-state index in [-0.39, 0.29) is 17.7 Å². The van der Waals surface area contributed by atoms with Crippen LogP contribution in [0.15, 0.2) is 59.5 Å². The minimum atomic E-state index is -3.38. The number of carbonyl (C=O) groups is 1. The average Bonchev–Trinajstić information content (AvgIpc) is 2.88. The summed E-state index contributed by atoms with van der Waals surface area (Å²) < 4.78 is 24.9. The third-order valence-corrected chi connectivity index (χ3v) is 5.86. The zero-order valence-corrected chi connectivity index (χ0v) is 14.3. The van der Waals surface area contributed by atoms with Crippen LogP contribution in [0.5, 0.6) is 0 Å². The van der Waals surface area contributed by atoms with Crippen molar-refractivity contribution in [3.05, 3.63) is 60.2 Å². The number of anilines is 1. The summed E-state index contributed by atoms with van der Waals surface area (Å²) in [4.78, 5) is 14.0. The van der Waals surface area contributed by atoms with Crippen LogP contribution in [0.2, 0.25) is 0 Å². The Kier molecular flexibility index (Phi) is 4.57. The van der Waals surface area contributed by atoms with E-state index in [0.29, 0.717) is 10.5 Å². The first-order valence-corrected chi connectivity index (χ1v) is 9.49. The van der Waals surface area contributed by atoms with Crippen molar-refractivity contribution in [1.82, 2.24) is 4.90 Å². The summed E-state index contributed by atoms with van der Waals surface area (Å²) >= 11 is 0. The smallest absolute Gasteiger partial charge is 0.244 e. The lowest BCUT2D eigenvalue weighted by atomic mass is 10.2. The van der Waals surface area contributed by atoms with Gasteiger partial charge in [0.2, 0.25) is 5.91 Å². The fourth-order valence-corrected chi connectivity index (χ4v) is 4.20. The van der Waals surface area contributed by atoms with Gasteiger partial charge in [0.05, 0.1) is 10.6 Å². The first kappa shape index (κ1) is 16.5. The molecule has 0 spiro atoms. The highest BCUT2D eigenvalue weighted by Crippen LogP contribution is 2.21. The Morgan fingerprint density at radius 1 is 1.12 bits per heavy atom. The number of nitrogens with one attached hydrogen (secondary N) is 1. The zero-order valence-electron chi connectivity index (χ0n) is 13.5. The predicted molar refractivity (Wildman–Crippen MR) is 93.4 cm³/mol. The third-order valence-electron chi connectivity index (χ3n) is 4.15. The van der Waals surface area contributed by atoms with E-state index in [9.17, 15) is 13.2 Å². The summed E-state index contributed by atoms with van der Waals surface area (Å²) in [5.41, 5.74) is 1.46. The van der Waals surface area contributed by atoms with Gasteiger partial charge in [-0.3, -0.25) is 4.79 Å². The maximum absolute atomic E-state index is 12.5. The lowest BCUT2D eigenvalue weighted by Crippen LogP contribution is -2.30. The number of sulfone groups is 1. The Morgan fingerprint density at radius 3 is 2.54 bits per heavy atom. The van der Waals surface area contributed by atoms with Crippen molar-refractivity contribution in [3.8, 4) is 0 Å². The van der Waals surface area contributed by atoms with E-state index in [1.54, 1.807) is 60.5 Å². The number of amides is 1. The number of rotatable bonds is 5. The highest BCUT2D eigenvalue weighted by atomic mass is 32.2. The lowest BCUT2D eigenvalue weighted by molar-refractivity contribution is -0.127. The maximum Gasteiger partial charge on any atom is 0.244 e. The molecule has 24 heavy (non-hydrogen) atoms. The molecule has 1 atom stereocenters. The van der Waals surface area contributed by atoms with Gasteiger partial charge < -0.3 is 10.2 Å². The fourth-order valence-electron chi connectivity index (χ4n) is 2.84. The highest BCUT2D eigenvalue weighted by molar-refractivity contribution is 7.90. The maximum atomic E-state index is 12.5. The molecule has 1 amide bonds. The quantitative estimate of drug-likeness (QED) is 0.904. The van der Waals surface area contributed by atoms with Crippen LogP contribution in [0.25, 0.3) is 0 Å². The number of likely N-dealkylation sites (N-methyl/N-ethyl adjacent to an activating group) is 1. The molecule has 5 nitrogen and oxygen atoms in total. The standard InChI is InChI=1S/C18H20N2O3S/c1-20-11-10-17(18(20)21)19-15-7-5-6-14(12-15)13-24(22,23)16-8-3-2-4-9-16/h2-9,12,17,19H,10-11,13H2,1H3/t17-/m1/s1. The van der Waals surface area contributed by atoms with E-state index < -0.39 is 9.84 Å². The molecule has 0 aromatic heterocycles. The Morgan fingerprint density at radius 2 is 1.88 bits per heavy atom. The second-order valence-corrected chi connectivity index (χ2v) is 8.01. The third kappa shape index (κ3) is 3.59. The van der Waals surface area contributed by atoms with Gasteiger partial charge in [-0.05, 0) is 36.2 Å². The average molecular weight is 344 g/mol. The van der Waals surface area contributed by atoms with Crippen LogP contribution in [-0.2, 0) is 20.4 Å². The van der Waals surface area contributed by atoms with Gasteiger partial charge in [0.25, 0.3) is 0 Å². The van der Waals surface area contributed by atoms with Gasteiger partial charge in [0.1, 0.15) is 6.04 Å². The second kappa shape index (κ2) is 6.65. The largest absolute Gasteiger partial charge is 0.374 e. The van der Waals surface area contributed by atoms with Crippen LogP contribution < -0.4 is 5.32 Å². The molecule has 0 bridgehead atoms. The Labute approximate surface area is 142 Å². The van der Waals surface area contributed by atoms with Gasteiger partial charge in [0.15, 0.2) is 9.84 Å². The molecule has 126 valence electrons. The van der Waals surface area contributed by atoms with E-state index in [2.05, 4.69) is 5.32 Å². The minimum Gasteiger partial charge on any atom is -0.374 e. The number of likely N-dealkylation sites (tertiary alicyclic amines) is 1. The van der Waals surface area contributed by atoms with Crippen LogP contribution in [0.4, 0.5) is 5.69 Å². The number of benzene rings is 2. The SMILES string of the molecule is CN1CC[C@@H](Nc2cccc(CS(=O)(=O)c3ccccc3)c2)C1=O. The van der Waals surface area contributed by atoms with E-state index >= 15 is 0 Å². The van der Waals surface area contributed by atoms with Crippen molar-refractivity contribution < 1.29 is 13.2 Å². The summed E-state index contributed by atoms with van der Waals surface area (Å²) in [6.45, 7) is 0.735. The Balaban J connectivity index is 1.75. The van der Waals surface area contributed by atoms with Crippen LogP contribution in [0.1, 0.15) is 12.0 Å². The van der Waals surface area contributed by atoms with Gasteiger partial charge in [-0.15, -0.1) is 0 Å². The number of hydrogen-bond acceptors (Lipinski definition) is 4. The molecule has 1 saturated heterocycles. The summed E-state index contributed by atoms with van der Waals surface area (Å²) in [5.74, 6) is 0.00252. The van der Waals surface area contributed by atoms with Crippen LogP contribution in [0.3, 0.4) is 0 Å². The molecule has 0 radical (unpaired) electrons. The Bertz CT molecular complexity index is 834. The first-order valence-electron chi connectivity index (χ1n) is 7.84. The van der Waals surface area contributed by atoms with Crippen LogP contribution >= 0.6 is 0 Å². The van der Waals surface area contributed by atoms with Gasteiger partial charge >= 0.3 is 0 Å². The molecule has 0 aliphatic carbocycles. The van der Waals surface area contributed by atoms with E-state index in [1.165, 1.54) is 0 Å². The summed E-state index contributed by atoms with van der Waals surface area (Å²) in [6, 6.07) is 15.4. The molecule has 2 aromatic carbocycles. The van der Waals surface area contributed by atoms with Gasteiger partial charge in [-0.2, -0.15) is 0 Å². The van der Waals surface area contributed by atoms with E-state index in [0.717, 1.165) is 18.7 Å². The molecule has 1 heterocycles. The molecule has 2 aromatic rings. The van der Waals surface area contributed by atoms with Crippen LogP contribution in [0, 0.1) is 0 Å². The van der Waals surface area contributed by atoms with Crippen molar-refractivity contribution in [2.45, 2.75) is 23.1 Å². The van der Waals surface area contributed by atoms with Crippen molar-refractivity contribution in [1.29, 1.82) is 0 Å². The first-order chi connectivity index (χ1) is 11.5. The van der Waals surface area contributed by atoms with E-state index in [1.807, 2.05) is 6.07 Å². The molecule has 6 heteroatoms. The Hall–Kier alpha value is -2.34. The van der Waals surface area contributed by atoms with Crippen LogP contribution in [-0.4, -0.2) is 38.9 Å². The number of hydrogen-bond donors (Lipinski definition) is 1. The molecule has 1 aliphatic heterocycles. The zero-order chi connectivity index (χ0) is 17.2. The monoisotopic (exact) mass is 344 g/mol. The van der Waals surface area contributed by atoms with Crippen molar-refractivity contribution in [2.75, 3.05) is 18.9 Å². The van der Waals surface area contributed by atoms with Gasteiger partial charge in [-0.25, -0.2) is 8.42 Å². The molecule has 1 aliphatic rings. The minimum absolute atomic E-state index is 0.0644. The molecular weight excluding hydrogens is 324 g/mol. The molecule has 1 N–H and O–H groups in total. The fraction of sp³-hybridized carbons (Fsp3) is 0.278. The summed E-state index contributed by atoms with van der Waals surface area (Å²) in [6.07, 6.45) is 0.752. The summed E-state index contributed by atoms with van der Waals surface area (Å²) in [5, 5.41) is 3.20. The topological polar surface area (TPSA) is 66.5 Å². The lowest BCUT2D eigenvalue weighted by Gasteiger charge is -2.14. The second-order valence-electron chi connectivity index (χ2n) is 6.02. The molecule has 3 rings (SSSR count). The van der Waals surface area contributed by atoms with Crippen molar-refractivity contribution in [3.63, 3.8) is 0 Å². The molecule has 0 unspecified atom stereocenters.